The maximum Gasteiger partial charge on any atom is 0.115 e. The Bertz CT molecular complexity index is 589. The van der Waals surface area contributed by atoms with Crippen molar-refractivity contribution in [3.8, 4) is 0 Å². The summed E-state index contributed by atoms with van der Waals surface area (Å²) in [5.41, 5.74) is 8.37. The molecule has 2 atom stereocenters. The number of piperidine rings is 1. The smallest absolute Gasteiger partial charge is 0.115 e. The van der Waals surface area contributed by atoms with E-state index in [1.165, 1.54) is 31.3 Å². The number of imidazole rings is 1. The van der Waals surface area contributed by atoms with Gasteiger partial charge in [0.05, 0.1) is 11.0 Å². The second-order valence-corrected chi connectivity index (χ2v) is 5.90. The van der Waals surface area contributed by atoms with Crippen LogP contribution in [0.3, 0.4) is 0 Å². The monoisotopic (exact) mass is 272 g/mol. The van der Waals surface area contributed by atoms with Gasteiger partial charge in [-0.05, 0) is 38.6 Å². The molecule has 1 saturated heterocycles. The van der Waals surface area contributed by atoms with Crippen LogP contribution in [-0.2, 0) is 7.05 Å². The van der Waals surface area contributed by atoms with E-state index in [2.05, 4.69) is 41.8 Å². The Labute approximate surface area is 120 Å². The zero-order chi connectivity index (χ0) is 14.1. The van der Waals surface area contributed by atoms with Crippen molar-refractivity contribution in [2.24, 2.45) is 12.8 Å². The highest BCUT2D eigenvalue weighted by molar-refractivity contribution is 5.75. The highest BCUT2D eigenvalue weighted by Gasteiger charge is 2.30. The van der Waals surface area contributed by atoms with Crippen molar-refractivity contribution < 1.29 is 0 Å². The van der Waals surface area contributed by atoms with Gasteiger partial charge in [0, 0.05) is 25.6 Å². The third kappa shape index (κ3) is 2.23. The van der Waals surface area contributed by atoms with Gasteiger partial charge in [-0.3, -0.25) is 0 Å². The lowest BCUT2D eigenvalue weighted by Gasteiger charge is -2.37. The molecule has 1 aliphatic heterocycles. The van der Waals surface area contributed by atoms with Crippen molar-refractivity contribution in [1.29, 1.82) is 0 Å². The van der Waals surface area contributed by atoms with E-state index < -0.39 is 0 Å². The molecule has 2 heterocycles. The summed E-state index contributed by atoms with van der Waals surface area (Å²) >= 11 is 0. The fourth-order valence-corrected chi connectivity index (χ4v) is 3.54. The Morgan fingerprint density at radius 3 is 2.80 bits per heavy atom. The van der Waals surface area contributed by atoms with Crippen LogP contribution in [0.4, 0.5) is 0 Å². The number of para-hydroxylation sites is 2. The fourth-order valence-electron chi connectivity index (χ4n) is 3.54. The van der Waals surface area contributed by atoms with Gasteiger partial charge in [0.25, 0.3) is 0 Å². The Balaban J connectivity index is 2.00. The predicted octanol–water partition coefficient (Wildman–Crippen LogP) is 2.10. The summed E-state index contributed by atoms with van der Waals surface area (Å²) in [4.78, 5) is 7.31. The van der Waals surface area contributed by atoms with Crippen molar-refractivity contribution in [2.45, 2.75) is 31.2 Å². The van der Waals surface area contributed by atoms with Gasteiger partial charge in [-0.25, -0.2) is 4.98 Å². The zero-order valence-electron chi connectivity index (χ0n) is 12.4. The summed E-state index contributed by atoms with van der Waals surface area (Å²) in [7, 11) is 4.32. The highest BCUT2D eigenvalue weighted by atomic mass is 15.2. The van der Waals surface area contributed by atoms with E-state index in [4.69, 9.17) is 10.7 Å². The molecule has 1 fully saturated rings. The number of hydrogen-bond donors (Lipinski definition) is 1. The summed E-state index contributed by atoms with van der Waals surface area (Å²) < 4.78 is 2.22. The molecule has 2 aromatic rings. The predicted molar refractivity (Wildman–Crippen MR) is 82.8 cm³/mol. The number of hydrogen-bond acceptors (Lipinski definition) is 3. The van der Waals surface area contributed by atoms with Crippen molar-refractivity contribution in [2.75, 3.05) is 20.1 Å². The van der Waals surface area contributed by atoms with Crippen LogP contribution < -0.4 is 5.73 Å². The lowest BCUT2D eigenvalue weighted by atomic mass is 9.90. The SMILES string of the molecule is CN1CCCCC1C(CN)c1nc2ccccc2n1C. The molecule has 0 spiro atoms. The fraction of sp³-hybridized carbons (Fsp3) is 0.562. The van der Waals surface area contributed by atoms with Crippen LogP contribution in [0.15, 0.2) is 24.3 Å². The summed E-state index contributed by atoms with van der Waals surface area (Å²) in [5.74, 6) is 1.45. The number of likely N-dealkylation sites (tertiary alicyclic amines) is 1. The molecule has 0 amide bonds. The van der Waals surface area contributed by atoms with Gasteiger partial charge in [-0.2, -0.15) is 0 Å². The molecule has 2 unspecified atom stereocenters. The molecule has 4 heteroatoms. The number of nitrogens with two attached hydrogens (primary N) is 1. The average Bonchev–Trinajstić information content (AvgIpc) is 2.80. The minimum absolute atomic E-state index is 0.317. The topological polar surface area (TPSA) is 47.1 Å². The molecule has 0 saturated carbocycles. The first-order valence-corrected chi connectivity index (χ1v) is 7.54. The maximum absolute atomic E-state index is 6.11. The van der Waals surface area contributed by atoms with Crippen molar-refractivity contribution >= 4 is 11.0 Å². The number of benzene rings is 1. The molecule has 0 aliphatic carbocycles. The van der Waals surface area contributed by atoms with E-state index in [0.29, 0.717) is 18.5 Å². The number of fused-ring (bicyclic) bond motifs is 1. The second kappa shape index (κ2) is 5.54. The van der Waals surface area contributed by atoms with E-state index in [1.807, 2.05) is 6.07 Å². The molecule has 4 nitrogen and oxygen atoms in total. The van der Waals surface area contributed by atoms with E-state index in [0.717, 1.165) is 11.3 Å². The van der Waals surface area contributed by atoms with Crippen LogP contribution in [0.2, 0.25) is 0 Å². The number of rotatable bonds is 3. The largest absolute Gasteiger partial charge is 0.331 e. The minimum atomic E-state index is 0.317. The summed E-state index contributed by atoms with van der Waals surface area (Å²) in [5, 5.41) is 0. The van der Waals surface area contributed by atoms with Gasteiger partial charge < -0.3 is 15.2 Å². The Kier molecular flexibility index (Phi) is 3.76. The van der Waals surface area contributed by atoms with Crippen LogP contribution in [0.1, 0.15) is 31.0 Å². The second-order valence-electron chi connectivity index (χ2n) is 5.90. The maximum atomic E-state index is 6.11. The van der Waals surface area contributed by atoms with Crippen molar-refractivity contribution in [1.82, 2.24) is 14.5 Å². The first-order chi connectivity index (χ1) is 9.72. The lowest BCUT2D eigenvalue weighted by Crippen LogP contribution is -2.43. The number of likely N-dealkylation sites (N-methyl/N-ethyl adjacent to an activating group) is 1. The number of aryl methyl sites for hydroxylation is 1. The standard InChI is InChI=1S/C16H24N4/c1-19-10-6-5-8-14(19)12(11-17)16-18-13-7-3-4-9-15(13)20(16)2/h3-4,7,9,12,14H,5-6,8,10-11,17H2,1-2H3. The summed E-state index contributed by atoms with van der Waals surface area (Å²) in [6.45, 7) is 1.83. The van der Waals surface area contributed by atoms with Gasteiger partial charge in [0.2, 0.25) is 0 Å². The molecule has 0 bridgehead atoms. The highest BCUT2D eigenvalue weighted by Crippen LogP contribution is 2.30. The van der Waals surface area contributed by atoms with E-state index in [-0.39, 0.29) is 0 Å². The molecule has 1 aliphatic rings. The normalized spacial score (nSPS) is 22.2. The molecule has 20 heavy (non-hydrogen) atoms. The van der Waals surface area contributed by atoms with E-state index >= 15 is 0 Å². The molecule has 1 aromatic heterocycles. The van der Waals surface area contributed by atoms with E-state index in [1.54, 1.807) is 0 Å². The van der Waals surface area contributed by atoms with Gasteiger partial charge >= 0.3 is 0 Å². The van der Waals surface area contributed by atoms with Gasteiger partial charge in [0.15, 0.2) is 0 Å². The van der Waals surface area contributed by atoms with Crippen molar-refractivity contribution in [3.63, 3.8) is 0 Å². The molecular weight excluding hydrogens is 248 g/mol. The third-order valence-electron chi connectivity index (χ3n) is 4.70. The van der Waals surface area contributed by atoms with Crippen LogP contribution >= 0.6 is 0 Å². The minimum Gasteiger partial charge on any atom is -0.331 e. The zero-order valence-corrected chi connectivity index (χ0v) is 12.4. The first kappa shape index (κ1) is 13.6. The van der Waals surface area contributed by atoms with Gasteiger partial charge in [0.1, 0.15) is 5.82 Å². The van der Waals surface area contributed by atoms with Crippen molar-refractivity contribution in [3.05, 3.63) is 30.1 Å². The molecule has 3 rings (SSSR count). The molecule has 108 valence electrons. The molecular formula is C16H24N4. The quantitative estimate of drug-likeness (QED) is 0.931. The third-order valence-corrected chi connectivity index (χ3v) is 4.70. The Morgan fingerprint density at radius 1 is 1.30 bits per heavy atom. The average molecular weight is 272 g/mol. The summed E-state index contributed by atoms with van der Waals surface area (Å²) in [6, 6.07) is 8.84. The molecule has 0 radical (unpaired) electrons. The first-order valence-electron chi connectivity index (χ1n) is 7.54. The Hall–Kier alpha value is -1.39. The molecule has 2 N–H and O–H groups in total. The van der Waals surface area contributed by atoms with Crippen LogP contribution in [0.5, 0.6) is 0 Å². The van der Waals surface area contributed by atoms with Gasteiger partial charge in [-0.15, -0.1) is 0 Å². The van der Waals surface area contributed by atoms with Crippen LogP contribution in [0, 0.1) is 0 Å². The number of aromatic nitrogens is 2. The molecule has 1 aromatic carbocycles. The van der Waals surface area contributed by atoms with E-state index in [9.17, 15) is 0 Å². The number of nitrogens with zero attached hydrogens (tertiary/aromatic N) is 3. The Morgan fingerprint density at radius 2 is 2.10 bits per heavy atom. The van der Waals surface area contributed by atoms with Gasteiger partial charge in [-0.1, -0.05) is 18.6 Å². The lowest BCUT2D eigenvalue weighted by molar-refractivity contribution is 0.156. The van der Waals surface area contributed by atoms with Crippen LogP contribution in [-0.4, -0.2) is 40.6 Å². The van der Waals surface area contributed by atoms with Crippen LogP contribution in [0.25, 0.3) is 11.0 Å². The summed E-state index contributed by atoms with van der Waals surface area (Å²) in [6.07, 6.45) is 3.82.